The molecule has 0 aromatic heterocycles. The van der Waals surface area contributed by atoms with E-state index in [4.69, 9.17) is 5.26 Å². The minimum atomic E-state index is -3.64. The van der Waals surface area contributed by atoms with Crippen LogP contribution in [0.2, 0.25) is 0 Å². The van der Waals surface area contributed by atoms with E-state index < -0.39 is 10.0 Å². The smallest absolute Gasteiger partial charge is 0.261 e. The fraction of sp³-hybridized carbons (Fsp3) is 0.133. The van der Waals surface area contributed by atoms with Gasteiger partial charge in [-0.3, -0.25) is 4.72 Å². The summed E-state index contributed by atoms with van der Waals surface area (Å²) in [6.45, 7) is 0. The summed E-state index contributed by atoms with van der Waals surface area (Å²) in [4.78, 5) is 0.197. The summed E-state index contributed by atoms with van der Waals surface area (Å²) < 4.78 is 27.0. The lowest BCUT2D eigenvalue weighted by molar-refractivity contribution is 0.601. The van der Waals surface area contributed by atoms with Crippen LogP contribution < -0.4 is 4.72 Å². The largest absolute Gasteiger partial charge is 0.280 e. The number of rotatable bonds is 5. The number of nitriles is 1. The summed E-state index contributed by atoms with van der Waals surface area (Å²) in [5.41, 5.74) is 1.85. The molecule has 1 N–H and O–H groups in total. The Morgan fingerprint density at radius 3 is 2.48 bits per heavy atom. The fourth-order valence-electron chi connectivity index (χ4n) is 1.81. The average Bonchev–Trinajstić information content (AvgIpc) is 2.48. The number of benzene rings is 2. The molecule has 2 aromatic rings. The molecule has 0 radical (unpaired) electrons. The Morgan fingerprint density at radius 2 is 1.86 bits per heavy atom. The molecule has 0 atom stereocenters. The van der Waals surface area contributed by atoms with Crippen molar-refractivity contribution < 1.29 is 8.42 Å². The van der Waals surface area contributed by atoms with E-state index in [9.17, 15) is 8.42 Å². The van der Waals surface area contributed by atoms with Gasteiger partial charge in [0.25, 0.3) is 10.0 Å². The maximum Gasteiger partial charge on any atom is 0.261 e. The van der Waals surface area contributed by atoms with Crippen molar-refractivity contribution in [2.45, 2.75) is 11.3 Å². The summed E-state index contributed by atoms with van der Waals surface area (Å²) in [7, 11) is -3.64. The van der Waals surface area contributed by atoms with Crippen molar-refractivity contribution in [2.24, 2.45) is 0 Å². The third-order valence-electron chi connectivity index (χ3n) is 2.86. The first-order valence-corrected chi connectivity index (χ1v) is 8.83. The lowest BCUT2D eigenvalue weighted by Gasteiger charge is -2.09. The van der Waals surface area contributed by atoms with E-state index in [1.165, 1.54) is 6.07 Å². The van der Waals surface area contributed by atoms with Gasteiger partial charge in [0.05, 0.1) is 22.2 Å². The predicted octanol–water partition coefficient (Wildman–Crippen LogP) is 3.30. The highest BCUT2D eigenvalue weighted by molar-refractivity contribution is 9.09. The first-order chi connectivity index (χ1) is 10.0. The first-order valence-electron chi connectivity index (χ1n) is 6.23. The van der Waals surface area contributed by atoms with E-state index in [0.29, 0.717) is 11.3 Å². The Balaban J connectivity index is 2.23. The summed E-state index contributed by atoms with van der Waals surface area (Å²) in [6.07, 6.45) is 0.845. The number of aryl methyl sites for hydroxylation is 1. The van der Waals surface area contributed by atoms with E-state index in [0.717, 1.165) is 17.3 Å². The van der Waals surface area contributed by atoms with Crippen LogP contribution in [0.3, 0.4) is 0 Å². The van der Waals surface area contributed by atoms with Gasteiger partial charge in [-0.05, 0) is 42.3 Å². The third-order valence-corrected chi connectivity index (χ3v) is 4.65. The normalized spacial score (nSPS) is 10.9. The summed E-state index contributed by atoms with van der Waals surface area (Å²) in [6, 6.07) is 15.1. The van der Waals surface area contributed by atoms with Gasteiger partial charge in [-0.25, -0.2) is 8.42 Å². The van der Waals surface area contributed by atoms with Crippen LogP contribution in [0.15, 0.2) is 53.4 Å². The van der Waals surface area contributed by atoms with E-state index >= 15 is 0 Å². The second kappa shape index (κ2) is 6.74. The van der Waals surface area contributed by atoms with Gasteiger partial charge in [-0.15, -0.1) is 0 Å². The Morgan fingerprint density at radius 1 is 1.14 bits per heavy atom. The standard InChI is InChI=1S/C15H13BrN2O2S/c16-9-8-12-4-6-15(7-5-12)21(19,20)18-14-3-1-2-13(10-14)11-17/h1-7,10,18H,8-9H2. The van der Waals surface area contributed by atoms with E-state index in [1.54, 1.807) is 42.5 Å². The van der Waals surface area contributed by atoms with Crippen molar-refractivity contribution >= 4 is 31.6 Å². The van der Waals surface area contributed by atoms with Gasteiger partial charge < -0.3 is 0 Å². The number of alkyl halides is 1. The molecule has 0 fully saturated rings. The number of nitrogens with one attached hydrogen (secondary N) is 1. The molecule has 2 aromatic carbocycles. The third kappa shape index (κ3) is 4.06. The Labute approximate surface area is 132 Å². The molecule has 2 rings (SSSR count). The second-order valence-electron chi connectivity index (χ2n) is 4.38. The van der Waals surface area contributed by atoms with Crippen LogP contribution in [-0.4, -0.2) is 13.7 Å². The zero-order valence-electron chi connectivity index (χ0n) is 11.1. The molecule has 108 valence electrons. The van der Waals surface area contributed by atoms with E-state index in [2.05, 4.69) is 20.7 Å². The lowest BCUT2D eigenvalue weighted by atomic mass is 10.2. The number of anilines is 1. The van der Waals surface area contributed by atoms with Gasteiger partial charge in [-0.1, -0.05) is 34.1 Å². The number of nitrogens with zero attached hydrogens (tertiary/aromatic N) is 1. The molecule has 0 amide bonds. The zero-order chi connectivity index (χ0) is 15.3. The molecular formula is C15H13BrN2O2S. The van der Waals surface area contributed by atoms with Crippen LogP contribution in [0, 0.1) is 11.3 Å². The molecule has 0 unspecified atom stereocenters. The van der Waals surface area contributed by atoms with Crippen LogP contribution in [0.5, 0.6) is 0 Å². The second-order valence-corrected chi connectivity index (χ2v) is 6.86. The predicted molar refractivity (Wildman–Crippen MR) is 85.9 cm³/mol. The highest BCUT2D eigenvalue weighted by Gasteiger charge is 2.14. The SMILES string of the molecule is N#Cc1cccc(NS(=O)(=O)c2ccc(CCBr)cc2)c1. The quantitative estimate of drug-likeness (QED) is 0.827. The average molecular weight is 365 g/mol. The Kier molecular flexibility index (Phi) is 4.99. The molecule has 0 aliphatic rings. The number of hydrogen-bond donors (Lipinski definition) is 1. The fourth-order valence-corrected chi connectivity index (χ4v) is 3.32. The van der Waals surface area contributed by atoms with Crippen molar-refractivity contribution in [1.82, 2.24) is 0 Å². The summed E-state index contributed by atoms with van der Waals surface area (Å²) in [5.74, 6) is 0. The van der Waals surface area contributed by atoms with Gasteiger partial charge in [-0.2, -0.15) is 5.26 Å². The monoisotopic (exact) mass is 364 g/mol. The van der Waals surface area contributed by atoms with Crippen LogP contribution in [0.25, 0.3) is 0 Å². The van der Waals surface area contributed by atoms with Crippen molar-refractivity contribution in [2.75, 3.05) is 10.1 Å². The topological polar surface area (TPSA) is 70.0 Å². The zero-order valence-corrected chi connectivity index (χ0v) is 13.5. The molecule has 0 heterocycles. The van der Waals surface area contributed by atoms with Gasteiger partial charge in [0.2, 0.25) is 0 Å². The minimum Gasteiger partial charge on any atom is -0.280 e. The molecule has 21 heavy (non-hydrogen) atoms. The molecule has 0 spiro atoms. The molecule has 0 aliphatic carbocycles. The molecule has 0 saturated heterocycles. The summed E-state index contributed by atoms with van der Waals surface area (Å²) in [5, 5.41) is 9.66. The maximum atomic E-state index is 12.3. The van der Waals surface area contributed by atoms with Crippen LogP contribution in [-0.2, 0) is 16.4 Å². The Hall–Kier alpha value is -1.84. The van der Waals surface area contributed by atoms with Gasteiger partial charge in [0, 0.05) is 5.33 Å². The van der Waals surface area contributed by atoms with Crippen LogP contribution in [0.4, 0.5) is 5.69 Å². The first kappa shape index (κ1) is 15.5. The number of sulfonamides is 1. The lowest BCUT2D eigenvalue weighted by Crippen LogP contribution is -2.13. The summed E-state index contributed by atoms with van der Waals surface area (Å²) >= 11 is 3.34. The molecule has 0 aliphatic heterocycles. The van der Waals surface area contributed by atoms with Gasteiger partial charge in [0.15, 0.2) is 0 Å². The van der Waals surface area contributed by atoms with Gasteiger partial charge in [0.1, 0.15) is 0 Å². The molecule has 4 nitrogen and oxygen atoms in total. The number of halogens is 1. The minimum absolute atomic E-state index is 0.197. The molecule has 0 saturated carbocycles. The van der Waals surface area contributed by atoms with Crippen LogP contribution in [0.1, 0.15) is 11.1 Å². The van der Waals surface area contributed by atoms with Crippen molar-refractivity contribution in [3.63, 3.8) is 0 Å². The van der Waals surface area contributed by atoms with Gasteiger partial charge >= 0.3 is 0 Å². The Bertz CT molecular complexity index is 765. The highest BCUT2D eigenvalue weighted by atomic mass is 79.9. The molecular weight excluding hydrogens is 352 g/mol. The van der Waals surface area contributed by atoms with Crippen LogP contribution >= 0.6 is 15.9 Å². The van der Waals surface area contributed by atoms with Crippen molar-refractivity contribution in [3.05, 3.63) is 59.7 Å². The maximum absolute atomic E-state index is 12.3. The molecule has 0 bridgehead atoms. The molecule has 6 heteroatoms. The number of hydrogen-bond acceptors (Lipinski definition) is 3. The van der Waals surface area contributed by atoms with Crippen molar-refractivity contribution in [1.29, 1.82) is 5.26 Å². The van der Waals surface area contributed by atoms with E-state index in [-0.39, 0.29) is 4.90 Å². The van der Waals surface area contributed by atoms with E-state index in [1.807, 2.05) is 6.07 Å². The van der Waals surface area contributed by atoms with Crippen molar-refractivity contribution in [3.8, 4) is 6.07 Å². The highest BCUT2D eigenvalue weighted by Crippen LogP contribution is 2.18.